The SMILES string of the molecule is Cn1cnc2cc(C(=O)N3CCC[C@H]3Cn3cc(C4CC4)nn3)cnc21. The van der Waals surface area contributed by atoms with Crippen molar-refractivity contribution in [2.45, 2.75) is 44.2 Å². The molecular weight excluding hydrogens is 330 g/mol. The summed E-state index contributed by atoms with van der Waals surface area (Å²) in [6.45, 7) is 1.47. The van der Waals surface area contributed by atoms with Crippen LogP contribution in [0.15, 0.2) is 24.8 Å². The highest BCUT2D eigenvalue weighted by atomic mass is 16.2. The molecule has 2 fully saturated rings. The number of amides is 1. The van der Waals surface area contributed by atoms with E-state index in [0.717, 1.165) is 36.2 Å². The van der Waals surface area contributed by atoms with E-state index in [9.17, 15) is 4.79 Å². The molecule has 2 aliphatic rings. The quantitative estimate of drug-likeness (QED) is 0.715. The molecule has 0 unspecified atom stereocenters. The predicted molar refractivity (Wildman–Crippen MR) is 94.6 cm³/mol. The number of hydrogen-bond acceptors (Lipinski definition) is 5. The van der Waals surface area contributed by atoms with Crippen molar-refractivity contribution in [2.75, 3.05) is 6.54 Å². The Kier molecular flexibility index (Phi) is 3.51. The molecule has 8 heteroatoms. The van der Waals surface area contributed by atoms with Crippen LogP contribution in [-0.4, -0.2) is 52.9 Å². The number of fused-ring (bicyclic) bond motifs is 1. The number of pyridine rings is 1. The fraction of sp³-hybridized carbons (Fsp3) is 0.500. The first-order chi connectivity index (χ1) is 12.7. The molecule has 1 amide bonds. The van der Waals surface area contributed by atoms with Crippen LogP contribution in [0, 0.1) is 0 Å². The monoisotopic (exact) mass is 351 g/mol. The Labute approximate surface area is 150 Å². The number of imidazole rings is 1. The van der Waals surface area contributed by atoms with E-state index in [2.05, 4.69) is 20.3 Å². The van der Waals surface area contributed by atoms with Crippen LogP contribution in [0.3, 0.4) is 0 Å². The molecule has 5 rings (SSSR count). The molecule has 1 aliphatic heterocycles. The molecule has 8 nitrogen and oxygen atoms in total. The van der Waals surface area contributed by atoms with Gasteiger partial charge in [-0.2, -0.15) is 0 Å². The van der Waals surface area contributed by atoms with E-state index < -0.39 is 0 Å². The van der Waals surface area contributed by atoms with Gasteiger partial charge in [0.2, 0.25) is 0 Å². The van der Waals surface area contributed by atoms with Crippen molar-refractivity contribution in [3.63, 3.8) is 0 Å². The minimum atomic E-state index is 0.0232. The second-order valence-corrected chi connectivity index (χ2v) is 7.36. The number of rotatable bonds is 4. The van der Waals surface area contributed by atoms with E-state index in [4.69, 9.17) is 0 Å². The van der Waals surface area contributed by atoms with Crippen LogP contribution in [0.4, 0.5) is 0 Å². The zero-order valence-corrected chi connectivity index (χ0v) is 14.7. The maximum atomic E-state index is 13.0. The molecule has 3 aromatic heterocycles. The van der Waals surface area contributed by atoms with Crippen molar-refractivity contribution >= 4 is 17.1 Å². The molecule has 0 spiro atoms. The summed E-state index contributed by atoms with van der Waals surface area (Å²) >= 11 is 0. The van der Waals surface area contributed by atoms with Gasteiger partial charge in [0.1, 0.15) is 5.52 Å². The predicted octanol–water partition coefficient (Wildman–Crippen LogP) is 1.74. The van der Waals surface area contributed by atoms with Crippen molar-refractivity contribution in [3.05, 3.63) is 36.0 Å². The lowest BCUT2D eigenvalue weighted by atomic mass is 10.2. The molecule has 134 valence electrons. The molecule has 3 aromatic rings. The second kappa shape index (κ2) is 5.89. The summed E-state index contributed by atoms with van der Waals surface area (Å²) in [5.41, 5.74) is 3.22. The molecule has 1 atom stereocenters. The number of hydrogen-bond donors (Lipinski definition) is 0. The van der Waals surface area contributed by atoms with Crippen LogP contribution in [0.25, 0.3) is 11.2 Å². The lowest BCUT2D eigenvalue weighted by molar-refractivity contribution is 0.0721. The third-order valence-corrected chi connectivity index (χ3v) is 5.39. The Bertz CT molecular complexity index is 971. The topological polar surface area (TPSA) is 81.7 Å². The normalized spacial score (nSPS) is 20.2. The van der Waals surface area contributed by atoms with Crippen LogP contribution >= 0.6 is 0 Å². The first-order valence-electron chi connectivity index (χ1n) is 9.17. The Hall–Kier alpha value is -2.77. The average molecular weight is 351 g/mol. The highest BCUT2D eigenvalue weighted by Gasteiger charge is 2.31. The number of nitrogens with zero attached hydrogens (tertiary/aromatic N) is 7. The van der Waals surface area contributed by atoms with Crippen molar-refractivity contribution in [1.29, 1.82) is 0 Å². The van der Waals surface area contributed by atoms with Crippen molar-refractivity contribution in [1.82, 2.24) is 34.4 Å². The van der Waals surface area contributed by atoms with Crippen LogP contribution in [0.1, 0.15) is 47.7 Å². The van der Waals surface area contributed by atoms with E-state index in [1.165, 1.54) is 12.8 Å². The van der Waals surface area contributed by atoms with Crippen molar-refractivity contribution in [3.8, 4) is 0 Å². The summed E-state index contributed by atoms with van der Waals surface area (Å²) in [4.78, 5) is 23.7. The molecule has 1 saturated heterocycles. The molecule has 0 bridgehead atoms. The summed E-state index contributed by atoms with van der Waals surface area (Å²) in [7, 11) is 1.90. The highest BCUT2D eigenvalue weighted by Crippen LogP contribution is 2.38. The van der Waals surface area contributed by atoms with Gasteiger partial charge in [-0.1, -0.05) is 5.21 Å². The van der Waals surface area contributed by atoms with Crippen molar-refractivity contribution < 1.29 is 4.79 Å². The van der Waals surface area contributed by atoms with Gasteiger partial charge in [-0.05, 0) is 31.7 Å². The van der Waals surface area contributed by atoms with Gasteiger partial charge >= 0.3 is 0 Å². The Morgan fingerprint density at radius 2 is 2.15 bits per heavy atom. The molecule has 4 heterocycles. The Balaban J connectivity index is 1.35. The van der Waals surface area contributed by atoms with E-state index in [1.807, 2.05) is 33.5 Å². The zero-order chi connectivity index (χ0) is 17.7. The second-order valence-electron chi connectivity index (χ2n) is 7.36. The number of aryl methyl sites for hydroxylation is 1. The summed E-state index contributed by atoms with van der Waals surface area (Å²) < 4.78 is 3.74. The number of likely N-dealkylation sites (tertiary alicyclic amines) is 1. The van der Waals surface area contributed by atoms with Crippen LogP contribution < -0.4 is 0 Å². The summed E-state index contributed by atoms with van der Waals surface area (Å²) in [5.74, 6) is 0.622. The molecule has 26 heavy (non-hydrogen) atoms. The Morgan fingerprint density at radius 3 is 3.00 bits per heavy atom. The first-order valence-corrected chi connectivity index (χ1v) is 9.17. The van der Waals surface area contributed by atoms with Crippen LogP contribution in [0.2, 0.25) is 0 Å². The molecule has 0 radical (unpaired) electrons. The minimum Gasteiger partial charge on any atom is -0.334 e. The van der Waals surface area contributed by atoms with Gasteiger partial charge in [-0.15, -0.1) is 5.10 Å². The summed E-state index contributed by atoms with van der Waals surface area (Å²) in [6, 6.07) is 1.98. The molecule has 1 aliphatic carbocycles. The van der Waals surface area contributed by atoms with E-state index in [1.54, 1.807) is 12.5 Å². The maximum Gasteiger partial charge on any atom is 0.255 e. The van der Waals surface area contributed by atoms with Gasteiger partial charge in [0.25, 0.3) is 5.91 Å². The van der Waals surface area contributed by atoms with E-state index >= 15 is 0 Å². The summed E-state index contributed by atoms with van der Waals surface area (Å²) in [5, 5.41) is 8.53. The van der Waals surface area contributed by atoms with E-state index in [0.29, 0.717) is 18.0 Å². The maximum absolute atomic E-state index is 13.0. The third-order valence-electron chi connectivity index (χ3n) is 5.39. The largest absolute Gasteiger partial charge is 0.334 e. The van der Waals surface area contributed by atoms with E-state index in [-0.39, 0.29) is 11.9 Å². The Morgan fingerprint density at radius 1 is 1.27 bits per heavy atom. The van der Waals surface area contributed by atoms with Gasteiger partial charge in [-0.25, -0.2) is 9.97 Å². The number of carbonyl (C=O) groups is 1. The third kappa shape index (κ3) is 2.65. The van der Waals surface area contributed by atoms with Gasteiger partial charge in [0.15, 0.2) is 5.65 Å². The molecule has 1 saturated carbocycles. The average Bonchev–Trinajstić information content (AvgIpc) is 3.05. The lowest BCUT2D eigenvalue weighted by Crippen LogP contribution is -2.38. The molecular formula is C18H21N7O. The van der Waals surface area contributed by atoms with Gasteiger partial charge < -0.3 is 9.47 Å². The van der Waals surface area contributed by atoms with Gasteiger partial charge in [-0.3, -0.25) is 9.48 Å². The number of aromatic nitrogens is 6. The van der Waals surface area contributed by atoms with Crippen molar-refractivity contribution in [2.24, 2.45) is 7.05 Å². The summed E-state index contributed by atoms with van der Waals surface area (Å²) in [6.07, 6.45) is 9.85. The van der Waals surface area contributed by atoms with Crippen LogP contribution in [0.5, 0.6) is 0 Å². The number of carbonyl (C=O) groups excluding carboxylic acids is 1. The minimum absolute atomic E-state index is 0.0232. The lowest BCUT2D eigenvalue weighted by Gasteiger charge is -2.24. The smallest absolute Gasteiger partial charge is 0.255 e. The zero-order valence-electron chi connectivity index (χ0n) is 14.7. The highest BCUT2D eigenvalue weighted by molar-refractivity contribution is 5.96. The van der Waals surface area contributed by atoms with Gasteiger partial charge in [0.05, 0.1) is 30.2 Å². The molecule has 0 aromatic carbocycles. The first kappa shape index (κ1) is 15.5. The molecule has 0 N–H and O–H groups in total. The standard InChI is InChI=1S/C18H21N7O/c1-23-11-20-15-7-13(8-19-17(15)23)18(26)25-6-2-3-14(25)9-24-10-16(21-22-24)12-4-5-12/h7-8,10-12,14H,2-6,9H2,1H3/t14-/m0/s1. The fourth-order valence-corrected chi connectivity index (χ4v) is 3.78. The fourth-order valence-electron chi connectivity index (χ4n) is 3.78. The van der Waals surface area contributed by atoms with Crippen LogP contribution in [-0.2, 0) is 13.6 Å². The van der Waals surface area contributed by atoms with Gasteiger partial charge in [0, 0.05) is 31.9 Å².